The molecular weight excluding hydrogens is 395 g/mol. The van der Waals surface area contributed by atoms with Crippen molar-refractivity contribution >= 4 is 23.3 Å². The van der Waals surface area contributed by atoms with Crippen LogP contribution >= 0.6 is 0 Å². The Morgan fingerprint density at radius 2 is 1.74 bits per heavy atom. The minimum absolute atomic E-state index is 0.0194. The lowest BCUT2D eigenvalue weighted by Crippen LogP contribution is -2.35. The normalized spacial score (nSPS) is 10.9. The van der Waals surface area contributed by atoms with Gasteiger partial charge in [0, 0.05) is 50.2 Å². The molecule has 0 saturated carbocycles. The largest absolute Gasteiger partial charge is 0.377 e. The van der Waals surface area contributed by atoms with Gasteiger partial charge in [-0.05, 0) is 61.7 Å². The molecule has 0 saturated heterocycles. The third-order valence-corrected chi connectivity index (χ3v) is 4.54. The van der Waals surface area contributed by atoms with Gasteiger partial charge in [0.25, 0.3) is 5.91 Å². The summed E-state index contributed by atoms with van der Waals surface area (Å²) >= 11 is 0. The molecule has 2 N–H and O–H groups in total. The predicted octanol–water partition coefficient (Wildman–Crippen LogP) is 4.72. The number of hydrogen-bond acceptors (Lipinski definition) is 3. The Kier molecular flexibility index (Phi) is 8.42. The molecule has 0 aliphatic heterocycles. The maximum Gasteiger partial charge on any atom is 0.319 e. The molecule has 7 heteroatoms. The zero-order valence-electron chi connectivity index (χ0n) is 19.2. The fourth-order valence-corrected chi connectivity index (χ4v) is 3.33. The van der Waals surface area contributed by atoms with E-state index in [-0.39, 0.29) is 23.9 Å². The molecule has 2 rings (SSSR count). The zero-order valence-corrected chi connectivity index (χ0v) is 19.2. The maximum atomic E-state index is 13.7. The summed E-state index contributed by atoms with van der Waals surface area (Å²) in [7, 11) is 3.86. The van der Waals surface area contributed by atoms with Crippen molar-refractivity contribution in [1.82, 2.24) is 10.2 Å². The Labute approximate surface area is 184 Å². The van der Waals surface area contributed by atoms with Gasteiger partial charge in [0.15, 0.2) is 0 Å². The van der Waals surface area contributed by atoms with Gasteiger partial charge < -0.3 is 20.4 Å². The van der Waals surface area contributed by atoms with Crippen LogP contribution in [-0.4, -0.2) is 43.5 Å². The first kappa shape index (κ1) is 24.2. The van der Waals surface area contributed by atoms with E-state index in [0.717, 1.165) is 11.3 Å². The minimum atomic E-state index is -0.438. The van der Waals surface area contributed by atoms with Gasteiger partial charge in [-0.15, -0.1) is 0 Å². The lowest BCUT2D eigenvalue weighted by atomic mass is 10.1. The molecular formula is C24H33FN4O2. The van der Waals surface area contributed by atoms with Gasteiger partial charge in [0.1, 0.15) is 5.82 Å². The highest BCUT2D eigenvalue weighted by molar-refractivity contribution is 5.94. The molecule has 0 aliphatic rings. The Balaban J connectivity index is 2.35. The number of anilines is 2. The third kappa shape index (κ3) is 7.27. The molecule has 2 aromatic rings. The number of nitrogens with zero attached hydrogens (tertiary/aromatic N) is 2. The molecule has 6 nitrogen and oxygen atoms in total. The lowest BCUT2D eigenvalue weighted by molar-refractivity contribution is 0.0722. The van der Waals surface area contributed by atoms with Crippen LogP contribution in [0.5, 0.6) is 0 Å². The van der Waals surface area contributed by atoms with Crippen molar-refractivity contribution in [3.05, 3.63) is 59.4 Å². The zero-order chi connectivity index (χ0) is 23.1. The van der Waals surface area contributed by atoms with E-state index in [1.807, 2.05) is 64.9 Å². The fourth-order valence-electron chi connectivity index (χ4n) is 3.33. The van der Waals surface area contributed by atoms with Crippen molar-refractivity contribution in [3.8, 4) is 0 Å². The van der Waals surface area contributed by atoms with E-state index in [2.05, 4.69) is 10.6 Å². The first-order valence-corrected chi connectivity index (χ1v) is 10.5. The first-order chi connectivity index (χ1) is 14.6. The molecule has 0 radical (unpaired) electrons. The average Bonchev–Trinajstić information content (AvgIpc) is 2.65. The summed E-state index contributed by atoms with van der Waals surface area (Å²) in [5, 5.41) is 5.64. The van der Waals surface area contributed by atoms with Crippen LogP contribution in [-0.2, 0) is 6.54 Å². The van der Waals surface area contributed by atoms with E-state index in [4.69, 9.17) is 0 Å². The molecule has 3 amide bonds. The Morgan fingerprint density at radius 1 is 1.03 bits per heavy atom. The number of carbonyl (C=O) groups excluding carboxylic acids is 2. The predicted molar refractivity (Wildman–Crippen MR) is 124 cm³/mol. The van der Waals surface area contributed by atoms with Gasteiger partial charge in [0.05, 0.1) is 0 Å². The van der Waals surface area contributed by atoms with Crippen LogP contribution in [0.1, 0.15) is 43.6 Å². The van der Waals surface area contributed by atoms with Crippen molar-refractivity contribution in [2.24, 2.45) is 5.92 Å². The molecule has 0 spiro atoms. The SMILES string of the molecule is CC(C)CN(Cc1cc(NC(=O)NC(C)C)ccc1N(C)C)C(=O)c1cccc(F)c1. The van der Waals surface area contributed by atoms with Crippen molar-refractivity contribution < 1.29 is 14.0 Å². The highest BCUT2D eigenvalue weighted by Gasteiger charge is 2.20. The van der Waals surface area contributed by atoms with Crippen molar-refractivity contribution in [3.63, 3.8) is 0 Å². The van der Waals surface area contributed by atoms with Gasteiger partial charge in [-0.1, -0.05) is 19.9 Å². The van der Waals surface area contributed by atoms with Crippen molar-refractivity contribution in [1.29, 1.82) is 0 Å². The number of urea groups is 1. The highest BCUT2D eigenvalue weighted by atomic mass is 19.1. The van der Waals surface area contributed by atoms with Gasteiger partial charge >= 0.3 is 6.03 Å². The quantitative estimate of drug-likeness (QED) is 0.639. The van der Waals surface area contributed by atoms with Crippen LogP contribution < -0.4 is 15.5 Å². The van der Waals surface area contributed by atoms with E-state index >= 15 is 0 Å². The van der Waals surface area contributed by atoms with Crippen molar-refractivity contribution in [2.45, 2.75) is 40.3 Å². The van der Waals surface area contributed by atoms with Crippen LogP contribution in [0, 0.1) is 11.7 Å². The summed E-state index contributed by atoms with van der Waals surface area (Å²) in [6, 6.07) is 11.1. The van der Waals surface area contributed by atoms with Crippen LogP contribution in [0.2, 0.25) is 0 Å². The summed E-state index contributed by atoms with van der Waals surface area (Å²) in [6.45, 7) is 8.71. The number of hydrogen-bond donors (Lipinski definition) is 2. The molecule has 2 aromatic carbocycles. The molecule has 31 heavy (non-hydrogen) atoms. The monoisotopic (exact) mass is 428 g/mol. The summed E-state index contributed by atoms with van der Waals surface area (Å²) in [5.74, 6) is -0.432. The molecule has 0 atom stereocenters. The van der Waals surface area contributed by atoms with Crippen LogP contribution in [0.25, 0.3) is 0 Å². The molecule has 0 unspecified atom stereocenters. The van der Waals surface area contributed by atoms with E-state index in [1.54, 1.807) is 17.0 Å². The molecule has 0 fully saturated rings. The fraction of sp³-hybridized carbons (Fsp3) is 0.417. The lowest BCUT2D eigenvalue weighted by Gasteiger charge is -2.28. The number of halogens is 1. The highest BCUT2D eigenvalue weighted by Crippen LogP contribution is 2.26. The van der Waals surface area contributed by atoms with Crippen molar-refractivity contribution in [2.75, 3.05) is 30.9 Å². The number of benzene rings is 2. The summed E-state index contributed by atoms with van der Waals surface area (Å²) in [6.07, 6.45) is 0. The van der Waals surface area contributed by atoms with Crippen LogP contribution in [0.4, 0.5) is 20.6 Å². The summed E-state index contributed by atoms with van der Waals surface area (Å²) in [5.41, 5.74) is 2.78. The standard InChI is InChI=1S/C24H33FN4O2/c1-16(2)14-29(23(30)18-8-7-9-20(25)12-18)15-19-13-21(10-11-22(19)28(5)6)27-24(31)26-17(3)4/h7-13,16-17H,14-15H2,1-6H3,(H2,26,27,31). The third-order valence-electron chi connectivity index (χ3n) is 4.54. The summed E-state index contributed by atoms with van der Waals surface area (Å²) < 4.78 is 13.7. The van der Waals surface area contributed by atoms with E-state index in [9.17, 15) is 14.0 Å². The topological polar surface area (TPSA) is 64.7 Å². The molecule has 0 bridgehead atoms. The molecule has 0 aliphatic carbocycles. The number of nitrogens with one attached hydrogen (secondary N) is 2. The Bertz CT molecular complexity index is 912. The van der Waals surface area contributed by atoms with Crippen LogP contribution in [0.15, 0.2) is 42.5 Å². The second-order valence-corrected chi connectivity index (χ2v) is 8.58. The van der Waals surface area contributed by atoms with Gasteiger partial charge in [0.2, 0.25) is 0 Å². The van der Waals surface area contributed by atoms with Crippen LogP contribution in [0.3, 0.4) is 0 Å². The van der Waals surface area contributed by atoms with E-state index in [0.29, 0.717) is 24.3 Å². The van der Waals surface area contributed by atoms with E-state index in [1.165, 1.54) is 12.1 Å². The maximum absolute atomic E-state index is 13.7. The molecule has 0 aromatic heterocycles. The smallest absolute Gasteiger partial charge is 0.319 e. The first-order valence-electron chi connectivity index (χ1n) is 10.5. The molecule has 0 heterocycles. The Hall–Kier alpha value is -3.09. The van der Waals surface area contributed by atoms with Gasteiger partial charge in [-0.25, -0.2) is 9.18 Å². The number of rotatable bonds is 8. The van der Waals surface area contributed by atoms with Gasteiger partial charge in [-0.2, -0.15) is 0 Å². The summed E-state index contributed by atoms with van der Waals surface area (Å²) in [4.78, 5) is 29.0. The number of carbonyl (C=O) groups is 2. The van der Waals surface area contributed by atoms with E-state index < -0.39 is 5.82 Å². The Morgan fingerprint density at radius 3 is 2.32 bits per heavy atom. The minimum Gasteiger partial charge on any atom is -0.377 e. The number of amides is 3. The average molecular weight is 429 g/mol. The van der Waals surface area contributed by atoms with Gasteiger partial charge in [-0.3, -0.25) is 4.79 Å². The second kappa shape index (κ2) is 10.8. The second-order valence-electron chi connectivity index (χ2n) is 8.58. The molecule has 168 valence electrons.